The van der Waals surface area contributed by atoms with Crippen molar-refractivity contribution in [3.8, 4) is 0 Å². The molecule has 1 heterocycles. The topological polar surface area (TPSA) is 58.2 Å². The lowest BCUT2D eigenvalue weighted by Crippen LogP contribution is -2.33. The van der Waals surface area contributed by atoms with Crippen LogP contribution >= 0.6 is 11.3 Å². The number of aryl methyl sites for hydroxylation is 1. The van der Waals surface area contributed by atoms with Crippen LogP contribution in [0.5, 0.6) is 0 Å². The average Bonchev–Trinajstić information content (AvgIpc) is 3.09. The van der Waals surface area contributed by atoms with E-state index in [1.807, 2.05) is 19.2 Å². The molecular formula is C14H24N2O2S2. The number of sulfonamides is 1. The first-order valence-electron chi connectivity index (χ1n) is 7.26. The molecule has 1 aliphatic carbocycles. The van der Waals surface area contributed by atoms with E-state index in [1.165, 1.54) is 24.2 Å². The zero-order valence-electron chi connectivity index (χ0n) is 12.4. The fraction of sp³-hybridized carbons (Fsp3) is 0.714. The van der Waals surface area contributed by atoms with Gasteiger partial charge in [-0.05, 0) is 44.1 Å². The second-order valence-corrected chi connectivity index (χ2v) is 8.25. The predicted molar refractivity (Wildman–Crippen MR) is 83.6 cm³/mol. The standard InChI is InChI=1S/C14H24N2O2S2/c1-4-5-11(3)16-20(17,18)14-10(2)9-19-13(14)8-15-12-6-7-12/h9,11-12,15-16H,4-8H2,1-3H3. The summed E-state index contributed by atoms with van der Waals surface area (Å²) in [5.41, 5.74) is 0.846. The van der Waals surface area contributed by atoms with Crippen molar-refractivity contribution in [2.24, 2.45) is 0 Å². The monoisotopic (exact) mass is 316 g/mol. The van der Waals surface area contributed by atoms with Gasteiger partial charge in [-0.15, -0.1) is 11.3 Å². The Hall–Kier alpha value is -0.430. The second-order valence-electron chi connectivity index (χ2n) is 5.64. The summed E-state index contributed by atoms with van der Waals surface area (Å²) in [6.07, 6.45) is 4.25. The van der Waals surface area contributed by atoms with Gasteiger partial charge in [0.15, 0.2) is 0 Å². The van der Waals surface area contributed by atoms with Gasteiger partial charge in [-0.1, -0.05) is 13.3 Å². The summed E-state index contributed by atoms with van der Waals surface area (Å²) in [6.45, 7) is 6.51. The molecule has 1 aliphatic rings. The van der Waals surface area contributed by atoms with Crippen molar-refractivity contribution in [1.29, 1.82) is 0 Å². The van der Waals surface area contributed by atoms with Gasteiger partial charge in [0.1, 0.15) is 4.90 Å². The largest absolute Gasteiger partial charge is 0.309 e. The Kier molecular flexibility index (Phi) is 5.23. The summed E-state index contributed by atoms with van der Waals surface area (Å²) >= 11 is 1.53. The maximum absolute atomic E-state index is 12.5. The Morgan fingerprint density at radius 3 is 2.75 bits per heavy atom. The molecule has 0 aromatic carbocycles. The quantitative estimate of drug-likeness (QED) is 0.775. The Morgan fingerprint density at radius 2 is 2.15 bits per heavy atom. The van der Waals surface area contributed by atoms with E-state index in [0.29, 0.717) is 17.5 Å². The van der Waals surface area contributed by atoms with Crippen LogP contribution in [-0.2, 0) is 16.6 Å². The van der Waals surface area contributed by atoms with Crippen molar-refractivity contribution >= 4 is 21.4 Å². The number of nitrogens with one attached hydrogen (secondary N) is 2. The van der Waals surface area contributed by atoms with Crippen molar-refractivity contribution in [2.75, 3.05) is 0 Å². The zero-order chi connectivity index (χ0) is 14.8. The minimum Gasteiger partial charge on any atom is -0.309 e. The summed E-state index contributed by atoms with van der Waals surface area (Å²) in [7, 11) is -3.41. The molecule has 0 bridgehead atoms. The molecule has 0 radical (unpaired) electrons. The molecule has 4 nitrogen and oxygen atoms in total. The van der Waals surface area contributed by atoms with Crippen molar-refractivity contribution in [3.05, 3.63) is 15.8 Å². The number of thiophene rings is 1. The van der Waals surface area contributed by atoms with Crippen LogP contribution in [0.15, 0.2) is 10.3 Å². The Morgan fingerprint density at radius 1 is 1.45 bits per heavy atom. The van der Waals surface area contributed by atoms with Crippen LogP contribution in [0.4, 0.5) is 0 Å². The molecule has 2 rings (SSSR count). The van der Waals surface area contributed by atoms with E-state index in [2.05, 4.69) is 17.0 Å². The van der Waals surface area contributed by atoms with Gasteiger partial charge >= 0.3 is 0 Å². The van der Waals surface area contributed by atoms with E-state index in [4.69, 9.17) is 0 Å². The third-order valence-electron chi connectivity index (χ3n) is 3.46. The highest BCUT2D eigenvalue weighted by Crippen LogP contribution is 2.28. The van der Waals surface area contributed by atoms with Crippen LogP contribution in [0.2, 0.25) is 0 Å². The van der Waals surface area contributed by atoms with Crippen molar-refractivity contribution in [2.45, 2.75) is 70.0 Å². The van der Waals surface area contributed by atoms with Gasteiger partial charge in [0.05, 0.1) is 0 Å². The van der Waals surface area contributed by atoms with Crippen LogP contribution in [-0.4, -0.2) is 20.5 Å². The summed E-state index contributed by atoms with van der Waals surface area (Å²) in [6, 6.07) is 0.563. The average molecular weight is 316 g/mol. The van der Waals surface area contributed by atoms with Crippen molar-refractivity contribution < 1.29 is 8.42 Å². The van der Waals surface area contributed by atoms with Gasteiger partial charge < -0.3 is 5.32 Å². The highest BCUT2D eigenvalue weighted by molar-refractivity contribution is 7.89. The number of rotatable bonds is 8. The van der Waals surface area contributed by atoms with Gasteiger partial charge in [0.25, 0.3) is 0 Å². The molecule has 20 heavy (non-hydrogen) atoms. The molecule has 1 unspecified atom stereocenters. The Bertz CT molecular complexity index is 548. The fourth-order valence-electron chi connectivity index (χ4n) is 2.31. The molecule has 0 saturated heterocycles. The van der Waals surface area contributed by atoms with Gasteiger partial charge in [0.2, 0.25) is 10.0 Å². The maximum Gasteiger partial charge on any atom is 0.242 e. The van der Waals surface area contributed by atoms with Crippen LogP contribution in [0.25, 0.3) is 0 Å². The van der Waals surface area contributed by atoms with Crippen LogP contribution < -0.4 is 10.0 Å². The molecule has 1 fully saturated rings. The number of hydrogen-bond donors (Lipinski definition) is 2. The maximum atomic E-state index is 12.5. The Balaban J connectivity index is 2.14. The van der Waals surface area contributed by atoms with Crippen molar-refractivity contribution in [1.82, 2.24) is 10.0 Å². The third-order valence-corrected chi connectivity index (χ3v) is 6.52. The summed E-state index contributed by atoms with van der Waals surface area (Å²) < 4.78 is 27.9. The predicted octanol–water partition coefficient (Wildman–Crippen LogP) is 2.78. The van der Waals surface area contributed by atoms with E-state index in [0.717, 1.165) is 23.3 Å². The molecule has 1 saturated carbocycles. The first kappa shape index (κ1) is 15.9. The Labute approximate surface area is 126 Å². The van der Waals surface area contributed by atoms with E-state index >= 15 is 0 Å². The lowest BCUT2D eigenvalue weighted by molar-refractivity contribution is 0.542. The smallest absolute Gasteiger partial charge is 0.242 e. The molecular weight excluding hydrogens is 292 g/mol. The minimum absolute atomic E-state index is 0.0199. The molecule has 0 spiro atoms. The molecule has 2 N–H and O–H groups in total. The number of hydrogen-bond acceptors (Lipinski definition) is 4. The first-order valence-corrected chi connectivity index (χ1v) is 9.63. The van der Waals surface area contributed by atoms with Gasteiger partial charge in [-0.2, -0.15) is 0 Å². The fourth-order valence-corrected chi connectivity index (χ4v) is 5.35. The van der Waals surface area contributed by atoms with E-state index in [-0.39, 0.29) is 6.04 Å². The lowest BCUT2D eigenvalue weighted by Gasteiger charge is -2.14. The van der Waals surface area contributed by atoms with Gasteiger partial charge in [-0.25, -0.2) is 13.1 Å². The van der Waals surface area contributed by atoms with Crippen molar-refractivity contribution in [3.63, 3.8) is 0 Å². The normalized spacial score (nSPS) is 17.4. The van der Waals surface area contributed by atoms with Gasteiger partial charge in [0, 0.05) is 23.5 Å². The van der Waals surface area contributed by atoms with E-state index in [1.54, 1.807) is 0 Å². The van der Waals surface area contributed by atoms with E-state index < -0.39 is 10.0 Å². The minimum atomic E-state index is -3.41. The molecule has 6 heteroatoms. The third kappa shape index (κ3) is 4.04. The lowest BCUT2D eigenvalue weighted by atomic mass is 10.2. The summed E-state index contributed by atoms with van der Waals surface area (Å²) in [4.78, 5) is 1.41. The van der Waals surface area contributed by atoms with Crippen LogP contribution in [0.1, 0.15) is 50.0 Å². The van der Waals surface area contributed by atoms with E-state index in [9.17, 15) is 8.42 Å². The molecule has 114 valence electrons. The van der Waals surface area contributed by atoms with Crippen LogP contribution in [0.3, 0.4) is 0 Å². The zero-order valence-corrected chi connectivity index (χ0v) is 14.0. The first-order chi connectivity index (χ1) is 9.44. The summed E-state index contributed by atoms with van der Waals surface area (Å²) in [5, 5.41) is 5.33. The molecule has 1 atom stereocenters. The molecule has 1 aromatic heterocycles. The van der Waals surface area contributed by atoms with Gasteiger partial charge in [-0.3, -0.25) is 0 Å². The SMILES string of the molecule is CCCC(C)NS(=O)(=O)c1c(C)csc1CNC1CC1. The highest BCUT2D eigenvalue weighted by atomic mass is 32.2. The molecule has 0 aliphatic heterocycles. The second kappa shape index (κ2) is 6.56. The highest BCUT2D eigenvalue weighted by Gasteiger charge is 2.26. The van der Waals surface area contributed by atoms with Crippen LogP contribution in [0, 0.1) is 6.92 Å². The summed E-state index contributed by atoms with van der Waals surface area (Å²) in [5.74, 6) is 0. The molecule has 0 amide bonds. The molecule has 1 aromatic rings.